The van der Waals surface area contributed by atoms with Gasteiger partial charge in [0.25, 0.3) is 0 Å². The van der Waals surface area contributed by atoms with E-state index in [0.29, 0.717) is 12.1 Å². The Balaban J connectivity index is 1.57. The lowest BCUT2D eigenvalue weighted by atomic mass is 10.0. The van der Waals surface area contributed by atoms with E-state index in [1.54, 1.807) is 23.0 Å². The van der Waals surface area contributed by atoms with E-state index in [1.165, 1.54) is 12.1 Å². The molecule has 0 bridgehead atoms. The fourth-order valence-electron chi connectivity index (χ4n) is 2.53. The van der Waals surface area contributed by atoms with Crippen LogP contribution >= 0.6 is 0 Å². The highest BCUT2D eigenvalue weighted by Gasteiger charge is 2.15. The van der Waals surface area contributed by atoms with E-state index in [1.807, 2.05) is 43.5 Å². The Morgan fingerprint density at radius 2 is 1.83 bits per heavy atom. The molecule has 2 N–H and O–H groups in total. The molecule has 3 rings (SSSR count). The predicted molar refractivity (Wildman–Crippen MR) is 91.2 cm³/mol. The molecule has 0 radical (unpaired) electrons. The van der Waals surface area contributed by atoms with Gasteiger partial charge in [0.2, 0.25) is 0 Å². The molecular formula is C19H20FN3O. The highest BCUT2D eigenvalue weighted by Crippen LogP contribution is 2.17. The number of benzene rings is 2. The summed E-state index contributed by atoms with van der Waals surface area (Å²) >= 11 is 0. The van der Waals surface area contributed by atoms with Gasteiger partial charge in [-0.1, -0.05) is 24.3 Å². The lowest BCUT2D eigenvalue weighted by Gasteiger charge is -2.21. The number of rotatable bonds is 6. The molecule has 5 heteroatoms. The van der Waals surface area contributed by atoms with E-state index in [9.17, 15) is 9.50 Å². The van der Waals surface area contributed by atoms with Gasteiger partial charge in [-0.05, 0) is 48.4 Å². The molecule has 0 saturated heterocycles. The average Bonchev–Trinajstić information content (AvgIpc) is 3.15. The van der Waals surface area contributed by atoms with Gasteiger partial charge >= 0.3 is 0 Å². The summed E-state index contributed by atoms with van der Waals surface area (Å²) in [6.45, 7) is 2.55. The minimum absolute atomic E-state index is 0.152. The van der Waals surface area contributed by atoms with Crippen molar-refractivity contribution in [3.05, 3.63) is 83.9 Å². The summed E-state index contributed by atoms with van der Waals surface area (Å²) in [6, 6.07) is 15.7. The molecular weight excluding hydrogens is 305 g/mol. The molecule has 0 fully saturated rings. The molecule has 0 aliphatic heterocycles. The molecule has 3 aromatic rings. The molecule has 0 spiro atoms. The summed E-state index contributed by atoms with van der Waals surface area (Å²) in [6.07, 6.45) is 2.96. The minimum Gasteiger partial charge on any atom is -0.387 e. The summed E-state index contributed by atoms with van der Waals surface area (Å²) < 4.78 is 14.8. The van der Waals surface area contributed by atoms with Crippen molar-refractivity contribution in [1.82, 2.24) is 15.1 Å². The van der Waals surface area contributed by atoms with Crippen molar-refractivity contribution < 1.29 is 9.50 Å². The third-order valence-electron chi connectivity index (χ3n) is 4.02. The Morgan fingerprint density at radius 1 is 1.12 bits per heavy atom. The lowest BCUT2D eigenvalue weighted by molar-refractivity contribution is 0.135. The normalized spacial score (nSPS) is 13.6. The molecule has 1 aromatic heterocycles. The topological polar surface area (TPSA) is 50.1 Å². The number of nitrogens with one attached hydrogen (secondary N) is 1. The first kappa shape index (κ1) is 16.4. The van der Waals surface area contributed by atoms with E-state index in [-0.39, 0.29) is 11.9 Å². The molecule has 24 heavy (non-hydrogen) atoms. The molecule has 2 unspecified atom stereocenters. The van der Waals surface area contributed by atoms with Crippen molar-refractivity contribution in [3.8, 4) is 5.69 Å². The number of aliphatic hydroxyl groups is 1. The zero-order chi connectivity index (χ0) is 16.9. The van der Waals surface area contributed by atoms with Crippen LogP contribution in [0.3, 0.4) is 0 Å². The maximum absolute atomic E-state index is 13.0. The fourth-order valence-corrected chi connectivity index (χ4v) is 2.53. The molecule has 4 nitrogen and oxygen atoms in total. The number of halogens is 1. The van der Waals surface area contributed by atoms with Gasteiger partial charge in [-0.2, -0.15) is 5.10 Å². The van der Waals surface area contributed by atoms with Gasteiger partial charge < -0.3 is 10.4 Å². The van der Waals surface area contributed by atoms with Crippen molar-refractivity contribution in [1.29, 1.82) is 0 Å². The highest BCUT2D eigenvalue weighted by atomic mass is 19.1. The Hall–Kier alpha value is -2.50. The summed E-state index contributed by atoms with van der Waals surface area (Å²) in [5, 5.41) is 17.8. The summed E-state index contributed by atoms with van der Waals surface area (Å²) in [7, 11) is 0. The van der Waals surface area contributed by atoms with E-state index < -0.39 is 6.10 Å². The summed E-state index contributed by atoms with van der Waals surface area (Å²) in [4.78, 5) is 0. The first-order valence-electron chi connectivity index (χ1n) is 7.89. The second kappa shape index (κ2) is 7.38. The van der Waals surface area contributed by atoms with Crippen LogP contribution in [0.25, 0.3) is 5.69 Å². The van der Waals surface area contributed by atoms with Gasteiger partial charge in [0.1, 0.15) is 5.82 Å². The second-order valence-electron chi connectivity index (χ2n) is 5.78. The highest BCUT2D eigenvalue weighted by molar-refractivity contribution is 5.33. The van der Waals surface area contributed by atoms with Gasteiger partial charge in [0.05, 0.1) is 11.8 Å². The Kier molecular flexibility index (Phi) is 5.03. The zero-order valence-corrected chi connectivity index (χ0v) is 13.4. The maximum Gasteiger partial charge on any atom is 0.123 e. The first-order chi connectivity index (χ1) is 11.6. The Labute approximate surface area is 140 Å². The van der Waals surface area contributed by atoms with Crippen LogP contribution in [-0.2, 0) is 6.54 Å². The van der Waals surface area contributed by atoms with Gasteiger partial charge in [-0.15, -0.1) is 0 Å². The number of hydrogen-bond acceptors (Lipinski definition) is 3. The molecule has 0 aliphatic rings. The van der Waals surface area contributed by atoms with Crippen LogP contribution in [0.2, 0.25) is 0 Å². The van der Waals surface area contributed by atoms with E-state index in [4.69, 9.17) is 0 Å². The van der Waals surface area contributed by atoms with Crippen LogP contribution in [0.15, 0.2) is 67.0 Å². The lowest BCUT2D eigenvalue weighted by Crippen LogP contribution is -2.31. The minimum atomic E-state index is -0.686. The molecule has 1 heterocycles. The van der Waals surface area contributed by atoms with Crippen LogP contribution in [-0.4, -0.2) is 20.9 Å². The van der Waals surface area contributed by atoms with Crippen LogP contribution < -0.4 is 5.32 Å². The third kappa shape index (κ3) is 3.88. The van der Waals surface area contributed by atoms with Gasteiger partial charge in [-0.25, -0.2) is 9.07 Å². The Bertz CT molecular complexity index is 754. The third-order valence-corrected chi connectivity index (χ3v) is 4.02. The van der Waals surface area contributed by atoms with Crippen LogP contribution in [0.5, 0.6) is 0 Å². The van der Waals surface area contributed by atoms with Crippen molar-refractivity contribution in [2.45, 2.75) is 25.6 Å². The summed E-state index contributed by atoms with van der Waals surface area (Å²) in [5.74, 6) is -0.302. The van der Waals surface area contributed by atoms with Crippen molar-refractivity contribution in [2.75, 3.05) is 0 Å². The average molecular weight is 325 g/mol. The number of aromatic nitrogens is 2. The van der Waals surface area contributed by atoms with Crippen molar-refractivity contribution in [3.63, 3.8) is 0 Å². The van der Waals surface area contributed by atoms with Gasteiger partial charge in [-0.3, -0.25) is 0 Å². The quantitative estimate of drug-likeness (QED) is 0.731. The SMILES string of the molecule is CC(NCc1ccc(-n2cccn2)cc1)C(O)c1ccc(F)cc1. The van der Waals surface area contributed by atoms with Crippen LogP contribution in [0.1, 0.15) is 24.2 Å². The molecule has 2 atom stereocenters. The maximum atomic E-state index is 13.0. The fraction of sp³-hybridized carbons (Fsp3) is 0.211. The monoisotopic (exact) mass is 325 g/mol. The van der Waals surface area contributed by atoms with Crippen molar-refractivity contribution >= 4 is 0 Å². The van der Waals surface area contributed by atoms with Crippen LogP contribution in [0.4, 0.5) is 4.39 Å². The van der Waals surface area contributed by atoms with E-state index in [2.05, 4.69) is 10.4 Å². The standard InChI is InChI=1S/C19H20FN3O/c1-14(19(24)16-5-7-17(20)8-6-16)21-13-15-3-9-18(10-4-15)23-12-2-11-22-23/h2-12,14,19,21,24H,13H2,1H3. The molecule has 124 valence electrons. The number of hydrogen-bond donors (Lipinski definition) is 2. The van der Waals surface area contributed by atoms with Crippen LogP contribution in [0, 0.1) is 5.82 Å². The van der Waals surface area contributed by atoms with Crippen molar-refractivity contribution in [2.24, 2.45) is 0 Å². The molecule has 0 saturated carbocycles. The molecule has 0 amide bonds. The summed E-state index contributed by atoms with van der Waals surface area (Å²) in [5.41, 5.74) is 2.82. The number of aliphatic hydroxyl groups excluding tert-OH is 1. The smallest absolute Gasteiger partial charge is 0.123 e. The zero-order valence-electron chi connectivity index (χ0n) is 13.4. The molecule has 0 aliphatic carbocycles. The number of nitrogens with zero attached hydrogens (tertiary/aromatic N) is 2. The second-order valence-corrected chi connectivity index (χ2v) is 5.78. The van der Waals surface area contributed by atoms with E-state index in [0.717, 1.165) is 11.3 Å². The van der Waals surface area contributed by atoms with Gasteiger partial charge in [0.15, 0.2) is 0 Å². The predicted octanol–water partition coefficient (Wildman–Crippen LogP) is 3.22. The largest absolute Gasteiger partial charge is 0.387 e. The van der Waals surface area contributed by atoms with Gasteiger partial charge in [0, 0.05) is 25.0 Å². The first-order valence-corrected chi connectivity index (χ1v) is 7.89. The van der Waals surface area contributed by atoms with E-state index >= 15 is 0 Å². The molecule has 2 aromatic carbocycles. The Morgan fingerprint density at radius 3 is 2.46 bits per heavy atom.